The first-order valence-electron chi connectivity index (χ1n) is 6.59. The van der Waals surface area contributed by atoms with E-state index in [-0.39, 0.29) is 11.6 Å². The van der Waals surface area contributed by atoms with Crippen LogP contribution < -0.4 is 4.90 Å². The SMILES string of the molecule is CCCN(C(=O)c1ccnn1C)c1cccc([N+](=O)[O-])c1. The lowest BCUT2D eigenvalue weighted by molar-refractivity contribution is -0.384. The number of aromatic nitrogens is 2. The Kier molecular flexibility index (Phi) is 4.32. The number of nitro benzene ring substituents is 1. The first kappa shape index (κ1) is 14.7. The zero-order valence-corrected chi connectivity index (χ0v) is 11.9. The second-order valence-corrected chi connectivity index (χ2v) is 4.57. The monoisotopic (exact) mass is 288 g/mol. The molecule has 1 heterocycles. The summed E-state index contributed by atoms with van der Waals surface area (Å²) < 4.78 is 1.49. The van der Waals surface area contributed by atoms with Crippen molar-refractivity contribution in [2.24, 2.45) is 7.05 Å². The molecule has 0 aliphatic carbocycles. The normalized spacial score (nSPS) is 10.4. The number of anilines is 1. The van der Waals surface area contributed by atoms with Gasteiger partial charge in [-0.2, -0.15) is 5.10 Å². The van der Waals surface area contributed by atoms with Crippen LogP contribution in [0.3, 0.4) is 0 Å². The van der Waals surface area contributed by atoms with Crippen molar-refractivity contribution in [1.82, 2.24) is 9.78 Å². The van der Waals surface area contributed by atoms with Gasteiger partial charge in [0, 0.05) is 31.9 Å². The van der Waals surface area contributed by atoms with Gasteiger partial charge in [-0.05, 0) is 18.6 Å². The quantitative estimate of drug-likeness (QED) is 0.625. The standard InChI is InChI=1S/C14H16N4O3/c1-3-9-17(14(19)13-7-8-15-16(13)2)11-5-4-6-12(10-11)18(20)21/h4-8,10H,3,9H2,1-2H3. The number of benzene rings is 1. The molecule has 0 atom stereocenters. The number of hydrogen-bond acceptors (Lipinski definition) is 4. The molecule has 0 spiro atoms. The number of nitrogens with zero attached hydrogens (tertiary/aromatic N) is 4. The molecule has 110 valence electrons. The highest BCUT2D eigenvalue weighted by molar-refractivity contribution is 6.05. The molecule has 1 aromatic carbocycles. The fourth-order valence-corrected chi connectivity index (χ4v) is 2.07. The molecular formula is C14H16N4O3. The van der Waals surface area contributed by atoms with Gasteiger partial charge >= 0.3 is 0 Å². The molecule has 7 heteroatoms. The van der Waals surface area contributed by atoms with Gasteiger partial charge in [-0.15, -0.1) is 0 Å². The minimum atomic E-state index is -0.470. The zero-order valence-electron chi connectivity index (χ0n) is 11.9. The van der Waals surface area contributed by atoms with Crippen LogP contribution in [0.2, 0.25) is 0 Å². The molecule has 0 aliphatic heterocycles. The Morgan fingerprint density at radius 1 is 1.43 bits per heavy atom. The number of non-ortho nitro benzene ring substituents is 1. The van der Waals surface area contributed by atoms with E-state index in [1.807, 2.05) is 6.92 Å². The Balaban J connectivity index is 2.39. The van der Waals surface area contributed by atoms with E-state index in [2.05, 4.69) is 5.10 Å². The van der Waals surface area contributed by atoms with Crippen LogP contribution in [0.4, 0.5) is 11.4 Å². The topological polar surface area (TPSA) is 81.3 Å². The van der Waals surface area contributed by atoms with Crippen LogP contribution in [0.25, 0.3) is 0 Å². The van der Waals surface area contributed by atoms with Gasteiger partial charge in [0.2, 0.25) is 0 Å². The minimum absolute atomic E-state index is 0.0357. The molecule has 0 unspecified atom stereocenters. The van der Waals surface area contributed by atoms with Gasteiger partial charge in [0.15, 0.2) is 0 Å². The summed E-state index contributed by atoms with van der Waals surface area (Å²) in [5, 5.41) is 14.9. The van der Waals surface area contributed by atoms with Crippen LogP contribution in [0.1, 0.15) is 23.8 Å². The van der Waals surface area contributed by atoms with Crippen LogP contribution in [0.15, 0.2) is 36.5 Å². The molecule has 7 nitrogen and oxygen atoms in total. The first-order valence-corrected chi connectivity index (χ1v) is 6.59. The molecule has 1 aromatic heterocycles. The highest BCUT2D eigenvalue weighted by Gasteiger charge is 2.21. The van der Waals surface area contributed by atoms with Gasteiger partial charge in [0.1, 0.15) is 5.69 Å². The van der Waals surface area contributed by atoms with E-state index in [0.29, 0.717) is 17.9 Å². The third kappa shape index (κ3) is 3.07. The maximum Gasteiger partial charge on any atom is 0.276 e. The molecule has 1 amide bonds. The molecule has 2 aromatic rings. The summed E-state index contributed by atoms with van der Waals surface area (Å²) in [5.41, 5.74) is 0.915. The lowest BCUT2D eigenvalue weighted by Gasteiger charge is -2.22. The van der Waals surface area contributed by atoms with Gasteiger partial charge in [0.05, 0.1) is 10.6 Å². The maximum absolute atomic E-state index is 12.6. The van der Waals surface area contributed by atoms with Crippen molar-refractivity contribution in [1.29, 1.82) is 0 Å². The van der Waals surface area contributed by atoms with Gasteiger partial charge in [-0.1, -0.05) is 13.0 Å². The molecule has 0 fully saturated rings. The predicted octanol–water partition coefficient (Wildman–Crippen LogP) is 2.39. The highest BCUT2D eigenvalue weighted by atomic mass is 16.6. The third-order valence-corrected chi connectivity index (χ3v) is 3.08. The third-order valence-electron chi connectivity index (χ3n) is 3.08. The molecule has 0 radical (unpaired) electrons. The van der Waals surface area contributed by atoms with E-state index in [0.717, 1.165) is 6.42 Å². The van der Waals surface area contributed by atoms with Gasteiger partial charge in [-0.25, -0.2) is 0 Å². The molecule has 0 saturated heterocycles. The largest absolute Gasteiger partial charge is 0.307 e. The maximum atomic E-state index is 12.6. The van der Waals surface area contributed by atoms with Crippen LogP contribution in [-0.2, 0) is 7.05 Å². The molecule has 21 heavy (non-hydrogen) atoms. The van der Waals surface area contributed by atoms with Crippen molar-refractivity contribution in [3.63, 3.8) is 0 Å². The fraction of sp³-hybridized carbons (Fsp3) is 0.286. The van der Waals surface area contributed by atoms with Crippen molar-refractivity contribution in [2.75, 3.05) is 11.4 Å². The number of carbonyl (C=O) groups is 1. The van der Waals surface area contributed by atoms with E-state index in [9.17, 15) is 14.9 Å². The van der Waals surface area contributed by atoms with Crippen molar-refractivity contribution in [3.8, 4) is 0 Å². The van der Waals surface area contributed by atoms with Crippen LogP contribution in [-0.4, -0.2) is 27.2 Å². The molecule has 0 bridgehead atoms. The van der Waals surface area contributed by atoms with Crippen molar-refractivity contribution in [2.45, 2.75) is 13.3 Å². The second-order valence-electron chi connectivity index (χ2n) is 4.57. The first-order chi connectivity index (χ1) is 10.0. The average molecular weight is 288 g/mol. The number of hydrogen-bond donors (Lipinski definition) is 0. The molecular weight excluding hydrogens is 272 g/mol. The van der Waals surface area contributed by atoms with E-state index in [1.165, 1.54) is 21.7 Å². The van der Waals surface area contributed by atoms with E-state index in [1.54, 1.807) is 31.4 Å². The van der Waals surface area contributed by atoms with Crippen molar-refractivity contribution in [3.05, 3.63) is 52.3 Å². The Morgan fingerprint density at radius 2 is 2.19 bits per heavy atom. The van der Waals surface area contributed by atoms with Crippen molar-refractivity contribution < 1.29 is 9.72 Å². The van der Waals surface area contributed by atoms with E-state index < -0.39 is 4.92 Å². The Hall–Kier alpha value is -2.70. The number of carbonyl (C=O) groups excluding carboxylic acids is 1. The number of aryl methyl sites for hydroxylation is 1. The number of amides is 1. The van der Waals surface area contributed by atoms with E-state index in [4.69, 9.17) is 0 Å². The Bertz CT molecular complexity index is 666. The van der Waals surface area contributed by atoms with Gasteiger partial charge in [0.25, 0.3) is 11.6 Å². The van der Waals surface area contributed by atoms with Crippen LogP contribution >= 0.6 is 0 Å². The summed E-state index contributed by atoms with van der Waals surface area (Å²) in [6, 6.07) is 7.71. The molecule has 0 N–H and O–H groups in total. The molecule has 2 rings (SSSR count). The summed E-state index contributed by atoms with van der Waals surface area (Å²) in [5.74, 6) is -0.225. The second kappa shape index (κ2) is 6.17. The predicted molar refractivity (Wildman–Crippen MR) is 78.3 cm³/mol. The number of nitro groups is 1. The summed E-state index contributed by atoms with van der Waals surface area (Å²) >= 11 is 0. The number of rotatable bonds is 5. The average Bonchev–Trinajstić information content (AvgIpc) is 2.90. The smallest absolute Gasteiger partial charge is 0.276 e. The fourth-order valence-electron chi connectivity index (χ4n) is 2.07. The zero-order chi connectivity index (χ0) is 15.4. The minimum Gasteiger partial charge on any atom is -0.307 e. The van der Waals surface area contributed by atoms with Gasteiger partial charge < -0.3 is 4.90 Å². The summed E-state index contributed by atoms with van der Waals surface area (Å²) in [6.07, 6.45) is 2.29. The van der Waals surface area contributed by atoms with Crippen LogP contribution in [0, 0.1) is 10.1 Å². The lowest BCUT2D eigenvalue weighted by Crippen LogP contribution is -2.33. The van der Waals surface area contributed by atoms with Crippen molar-refractivity contribution >= 4 is 17.3 Å². The molecule has 0 aliphatic rings. The molecule has 0 saturated carbocycles. The van der Waals surface area contributed by atoms with Gasteiger partial charge in [-0.3, -0.25) is 19.6 Å². The Morgan fingerprint density at radius 3 is 2.76 bits per heavy atom. The highest BCUT2D eigenvalue weighted by Crippen LogP contribution is 2.23. The Labute approximate surface area is 121 Å². The van der Waals surface area contributed by atoms with Crippen LogP contribution in [0.5, 0.6) is 0 Å². The lowest BCUT2D eigenvalue weighted by atomic mass is 10.2. The summed E-state index contributed by atoms with van der Waals surface area (Å²) in [7, 11) is 1.69. The van der Waals surface area contributed by atoms with E-state index >= 15 is 0 Å². The summed E-state index contributed by atoms with van der Waals surface area (Å²) in [4.78, 5) is 24.5. The summed E-state index contributed by atoms with van der Waals surface area (Å²) in [6.45, 7) is 2.42.